The van der Waals surface area contributed by atoms with Crippen LogP contribution in [0.3, 0.4) is 0 Å². The van der Waals surface area contributed by atoms with Gasteiger partial charge in [-0.05, 0) is 18.6 Å². The number of aryl methyl sites for hydroxylation is 1. The maximum absolute atomic E-state index is 5.04. The Balaban J connectivity index is 2.07. The Hall–Kier alpha value is -1.17. The van der Waals surface area contributed by atoms with E-state index in [1.54, 1.807) is 7.11 Å². The molecule has 5 heteroatoms. The molecule has 20 heavy (non-hydrogen) atoms. The molecule has 0 unspecified atom stereocenters. The van der Waals surface area contributed by atoms with Crippen molar-refractivity contribution in [1.29, 1.82) is 0 Å². The normalized spacial score (nSPS) is 10.9. The van der Waals surface area contributed by atoms with Crippen molar-refractivity contribution in [3.8, 4) is 0 Å². The highest BCUT2D eigenvalue weighted by atomic mass is 79.9. The van der Waals surface area contributed by atoms with E-state index in [1.165, 1.54) is 11.3 Å². The first kappa shape index (κ1) is 15.2. The molecule has 2 aromatic rings. The molecule has 2 rings (SSSR count). The number of imidazole rings is 1. The van der Waals surface area contributed by atoms with Crippen molar-refractivity contribution in [2.75, 3.05) is 20.3 Å². The van der Waals surface area contributed by atoms with Gasteiger partial charge in [0.25, 0.3) is 0 Å². The molecule has 1 aromatic heterocycles. The smallest absolute Gasteiger partial charge is 0.106 e. The number of nitrogens with one attached hydrogen (secondary N) is 1. The zero-order valence-corrected chi connectivity index (χ0v) is 13.5. The Kier molecular flexibility index (Phi) is 5.76. The van der Waals surface area contributed by atoms with Gasteiger partial charge in [0, 0.05) is 30.9 Å². The quantitative estimate of drug-likeness (QED) is 0.789. The van der Waals surface area contributed by atoms with Gasteiger partial charge >= 0.3 is 0 Å². The van der Waals surface area contributed by atoms with Crippen molar-refractivity contribution in [1.82, 2.24) is 14.9 Å². The van der Waals surface area contributed by atoms with Crippen LogP contribution in [0, 0.1) is 6.92 Å². The summed E-state index contributed by atoms with van der Waals surface area (Å²) in [6, 6.07) is 8.29. The lowest BCUT2D eigenvalue weighted by Gasteiger charge is -2.12. The number of halogens is 1. The summed E-state index contributed by atoms with van der Waals surface area (Å²) in [6.07, 6.45) is 1.94. The highest BCUT2D eigenvalue weighted by Crippen LogP contribution is 2.18. The molecule has 0 aliphatic rings. The molecule has 108 valence electrons. The van der Waals surface area contributed by atoms with Crippen LogP contribution in [0.5, 0.6) is 0 Å². The molecular weight excluding hydrogens is 318 g/mol. The van der Waals surface area contributed by atoms with Crippen LogP contribution in [0.1, 0.15) is 17.1 Å². The number of aromatic nitrogens is 2. The molecule has 1 heterocycles. The summed E-state index contributed by atoms with van der Waals surface area (Å²) < 4.78 is 8.40. The van der Waals surface area contributed by atoms with Gasteiger partial charge < -0.3 is 14.6 Å². The van der Waals surface area contributed by atoms with Gasteiger partial charge in [-0.1, -0.05) is 34.1 Å². The molecule has 4 nitrogen and oxygen atoms in total. The number of benzene rings is 1. The van der Waals surface area contributed by atoms with Crippen LogP contribution >= 0.6 is 15.9 Å². The fourth-order valence-corrected chi connectivity index (χ4v) is 2.47. The SMILES string of the molecule is COCCNCc1cnc(C)n1Cc1ccccc1Br. The average molecular weight is 338 g/mol. The predicted octanol–water partition coefficient (Wildman–Crippen LogP) is 2.74. The first-order chi connectivity index (χ1) is 9.72. The van der Waals surface area contributed by atoms with Crippen LogP contribution in [-0.4, -0.2) is 29.8 Å². The molecule has 0 aliphatic heterocycles. The second-order valence-corrected chi connectivity index (χ2v) is 5.50. The summed E-state index contributed by atoms with van der Waals surface area (Å²) in [5.74, 6) is 1.03. The van der Waals surface area contributed by atoms with Crippen molar-refractivity contribution in [2.24, 2.45) is 0 Å². The third-order valence-electron chi connectivity index (χ3n) is 3.21. The summed E-state index contributed by atoms with van der Waals surface area (Å²) in [5, 5.41) is 3.36. The van der Waals surface area contributed by atoms with E-state index < -0.39 is 0 Å². The Morgan fingerprint density at radius 1 is 1.35 bits per heavy atom. The van der Waals surface area contributed by atoms with E-state index in [-0.39, 0.29) is 0 Å². The average Bonchev–Trinajstić information content (AvgIpc) is 2.79. The highest BCUT2D eigenvalue weighted by molar-refractivity contribution is 9.10. The summed E-state index contributed by atoms with van der Waals surface area (Å²) in [4.78, 5) is 4.42. The van der Waals surface area contributed by atoms with Gasteiger partial charge in [0.15, 0.2) is 0 Å². The standard InChI is InChI=1S/C15H20BrN3O/c1-12-18-10-14(9-17-7-8-20-2)19(12)11-13-5-3-4-6-15(13)16/h3-6,10,17H,7-9,11H2,1-2H3. The van der Waals surface area contributed by atoms with Crippen molar-refractivity contribution in [3.05, 3.63) is 52.0 Å². The third kappa shape index (κ3) is 3.91. The van der Waals surface area contributed by atoms with E-state index in [1.807, 2.05) is 19.2 Å². The van der Waals surface area contributed by atoms with Crippen LogP contribution in [0.25, 0.3) is 0 Å². The Morgan fingerprint density at radius 3 is 2.90 bits per heavy atom. The number of rotatable bonds is 7. The lowest BCUT2D eigenvalue weighted by atomic mass is 10.2. The maximum Gasteiger partial charge on any atom is 0.106 e. The molecule has 0 spiro atoms. The van der Waals surface area contributed by atoms with Gasteiger partial charge in [-0.3, -0.25) is 0 Å². The van der Waals surface area contributed by atoms with E-state index in [9.17, 15) is 0 Å². The molecule has 0 bridgehead atoms. The van der Waals surface area contributed by atoms with Crippen molar-refractivity contribution < 1.29 is 4.74 Å². The highest BCUT2D eigenvalue weighted by Gasteiger charge is 2.08. The minimum Gasteiger partial charge on any atom is -0.383 e. The predicted molar refractivity (Wildman–Crippen MR) is 83.8 cm³/mol. The lowest BCUT2D eigenvalue weighted by Crippen LogP contribution is -2.21. The number of hydrogen-bond donors (Lipinski definition) is 1. The number of methoxy groups -OCH3 is 1. The van der Waals surface area contributed by atoms with Gasteiger partial charge in [-0.2, -0.15) is 0 Å². The molecule has 0 aliphatic carbocycles. The van der Waals surface area contributed by atoms with Crippen molar-refractivity contribution in [3.63, 3.8) is 0 Å². The van der Waals surface area contributed by atoms with Gasteiger partial charge in [-0.25, -0.2) is 4.98 Å². The molecule has 0 saturated carbocycles. The molecule has 0 radical (unpaired) electrons. The van der Waals surface area contributed by atoms with Crippen LogP contribution in [-0.2, 0) is 17.8 Å². The summed E-state index contributed by atoms with van der Waals surface area (Å²) in [6.45, 7) is 5.23. The fourth-order valence-electron chi connectivity index (χ4n) is 2.06. The molecule has 0 atom stereocenters. The Bertz CT molecular complexity index is 554. The van der Waals surface area contributed by atoms with Crippen LogP contribution in [0.2, 0.25) is 0 Å². The third-order valence-corrected chi connectivity index (χ3v) is 3.99. The van der Waals surface area contributed by atoms with Crippen LogP contribution in [0.4, 0.5) is 0 Å². The zero-order chi connectivity index (χ0) is 14.4. The van der Waals surface area contributed by atoms with Crippen molar-refractivity contribution in [2.45, 2.75) is 20.0 Å². The molecule has 0 saturated heterocycles. The van der Waals surface area contributed by atoms with Crippen LogP contribution < -0.4 is 5.32 Å². The zero-order valence-electron chi connectivity index (χ0n) is 11.9. The van der Waals surface area contributed by atoms with Gasteiger partial charge in [0.05, 0.1) is 18.8 Å². The Labute approximate surface area is 128 Å². The number of nitrogens with zero attached hydrogens (tertiary/aromatic N) is 2. The topological polar surface area (TPSA) is 39.1 Å². The summed E-state index contributed by atoms with van der Waals surface area (Å²) >= 11 is 3.60. The van der Waals surface area contributed by atoms with E-state index in [2.05, 4.69) is 49.0 Å². The Morgan fingerprint density at radius 2 is 2.15 bits per heavy atom. The number of ether oxygens (including phenoxy) is 1. The first-order valence-electron chi connectivity index (χ1n) is 6.66. The molecule has 0 fully saturated rings. The van der Waals surface area contributed by atoms with E-state index in [0.717, 1.165) is 36.5 Å². The molecule has 1 N–H and O–H groups in total. The minimum atomic E-state index is 0.720. The second kappa shape index (κ2) is 7.57. The van der Waals surface area contributed by atoms with Gasteiger partial charge in [-0.15, -0.1) is 0 Å². The second-order valence-electron chi connectivity index (χ2n) is 4.64. The summed E-state index contributed by atoms with van der Waals surface area (Å²) in [5.41, 5.74) is 2.45. The maximum atomic E-state index is 5.04. The van der Waals surface area contributed by atoms with Crippen molar-refractivity contribution >= 4 is 15.9 Å². The number of hydrogen-bond acceptors (Lipinski definition) is 3. The first-order valence-corrected chi connectivity index (χ1v) is 7.45. The molecular formula is C15H20BrN3O. The van der Waals surface area contributed by atoms with E-state index in [4.69, 9.17) is 4.74 Å². The monoisotopic (exact) mass is 337 g/mol. The summed E-state index contributed by atoms with van der Waals surface area (Å²) in [7, 11) is 1.71. The minimum absolute atomic E-state index is 0.720. The molecule has 1 aromatic carbocycles. The van der Waals surface area contributed by atoms with E-state index >= 15 is 0 Å². The lowest BCUT2D eigenvalue weighted by molar-refractivity contribution is 0.199. The largest absolute Gasteiger partial charge is 0.383 e. The van der Waals surface area contributed by atoms with Crippen LogP contribution in [0.15, 0.2) is 34.9 Å². The van der Waals surface area contributed by atoms with Gasteiger partial charge in [0.1, 0.15) is 5.82 Å². The van der Waals surface area contributed by atoms with E-state index in [0.29, 0.717) is 0 Å². The molecule has 0 amide bonds. The fraction of sp³-hybridized carbons (Fsp3) is 0.400. The van der Waals surface area contributed by atoms with Gasteiger partial charge in [0.2, 0.25) is 0 Å².